The Bertz CT molecular complexity index is 904. The first-order chi connectivity index (χ1) is 11.0. The summed E-state index contributed by atoms with van der Waals surface area (Å²) in [5, 5.41) is 6.91. The largest absolute Gasteiger partial charge is 0.494 e. The van der Waals surface area contributed by atoms with Gasteiger partial charge in [-0.1, -0.05) is 0 Å². The summed E-state index contributed by atoms with van der Waals surface area (Å²) in [6.07, 6.45) is 0. The zero-order valence-electron chi connectivity index (χ0n) is 12.9. The molecule has 0 saturated heterocycles. The number of carbonyl (C=O) groups is 1. The predicted molar refractivity (Wildman–Crippen MR) is 83.4 cm³/mol. The number of halogens is 1. The van der Waals surface area contributed by atoms with Gasteiger partial charge in [-0.3, -0.25) is 4.79 Å². The van der Waals surface area contributed by atoms with Crippen LogP contribution in [-0.4, -0.2) is 27.6 Å². The molecule has 23 heavy (non-hydrogen) atoms. The van der Waals surface area contributed by atoms with Crippen LogP contribution in [0.15, 0.2) is 30.3 Å². The molecule has 6 nitrogen and oxygen atoms in total. The van der Waals surface area contributed by atoms with Crippen molar-refractivity contribution < 1.29 is 13.9 Å². The molecule has 2 aromatic heterocycles. The molecule has 0 aliphatic carbocycles. The summed E-state index contributed by atoms with van der Waals surface area (Å²) in [6.45, 7) is 3.69. The number of hydrogen-bond acceptors (Lipinski definition) is 4. The van der Waals surface area contributed by atoms with Gasteiger partial charge >= 0.3 is 0 Å². The standard InChI is InChI=1S/C16H15FN4O2/c1-9-6-15-19-13(7-10(2)21(15)20-9)16(22)18-11-4-5-14(23-3)12(17)8-11/h4-8H,1-3H3,(H,18,22). The van der Waals surface area contributed by atoms with Gasteiger partial charge in [0.1, 0.15) is 5.69 Å². The van der Waals surface area contributed by atoms with E-state index >= 15 is 0 Å². The van der Waals surface area contributed by atoms with E-state index in [2.05, 4.69) is 15.4 Å². The van der Waals surface area contributed by atoms with Crippen molar-refractivity contribution in [2.45, 2.75) is 13.8 Å². The summed E-state index contributed by atoms with van der Waals surface area (Å²) < 4.78 is 20.2. The van der Waals surface area contributed by atoms with E-state index in [0.29, 0.717) is 11.3 Å². The van der Waals surface area contributed by atoms with Gasteiger partial charge in [-0.05, 0) is 32.0 Å². The van der Waals surface area contributed by atoms with Crippen LogP contribution in [0, 0.1) is 19.7 Å². The fraction of sp³-hybridized carbons (Fsp3) is 0.188. The average Bonchev–Trinajstić information content (AvgIpc) is 2.88. The summed E-state index contributed by atoms with van der Waals surface area (Å²) in [7, 11) is 1.38. The molecule has 0 bridgehead atoms. The van der Waals surface area contributed by atoms with E-state index in [1.54, 1.807) is 22.7 Å². The molecular weight excluding hydrogens is 299 g/mol. The molecule has 2 heterocycles. The minimum absolute atomic E-state index is 0.119. The van der Waals surface area contributed by atoms with Crippen molar-refractivity contribution in [3.05, 3.63) is 53.2 Å². The molecule has 0 radical (unpaired) electrons. The molecule has 1 aromatic carbocycles. The van der Waals surface area contributed by atoms with Crippen molar-refractivity contribution in [3.8, 4) is 5.75 Å². The Morgan fingerprint density at radius 2 is 2.04 bits per heavy atom. The molecule has 0 unspecified atom stereocenters. The Morgan fingerprint density at radius 3 is 2.74 bits per heavy atom. The maximum atomic E-state index is 13.7. The van der Waals surface area contributed by atoms with Crippen LogP contribution < -0.4 is 10.1 Å². The van der Waals surface area contributed by atoms with Gasteiger partial charge in [-0.25, -0.2) is 13.9 Å². The topological polar surface area (TPSA) is 68.5 Å². The normalized spacial score (nSPS) is 10.8. The van der Waals surface area contributed by atoms with E-state index in [9.17, 15) is 9.18 Å². The molecule has 1 N–H and O–H groups in total. The molecule has 1 amide bonds. The Balaban J connectivity index is 1.90. The lowest BCUT2D eigenvalue weighted by molar-refractivity contribution is 0.102. The van der Waals surface area contributed by atoms with E-state index in [4.69, 9.17) is 4.74 Å². The summed E-state index contributed by atoms with van der Waals surface area (Å²) in [4.78, 5) is 16.6. The molecule has 7 heteroatoms. The number of nitrogens with one attached hydrogen (secondary N) is 1. The molecule has 3 aromatic rings. The first kappa shape index (κ1) is 15.0. The molecular formula is C16H15FN4O2. The van der Waals surface area contributed by atoms with Gasteiger partial charge in [0.2, 0.25) is 0 Å². The number of aryl methyl sites for hydroxylation is 2. The lowest BCUT2D eigenvalue weighted by Crippen LogP contribution is -2.15. The third kappa shape index (κ3) is 2.85. The zero-order chi connectivity index (χ0) is 16.6. The lowest BCUT2D eigenvalue weighted by atomic mass is 10.2. The SMILES string of the molecule is COc1ccc(NC(=O)c2cc(C)n3nc(C)cc3n2)cc1F. The van der Waals surface area contributed by atoms with Crippen molar-refractivity contribution in [3.63, 3.8) is 0 Å². The molecule has 0 aliphatic rings. The lowest BCUT2D eigenvalue weighted by Gasteiger charge is -2.08. The number of ether oxygens (including phenoxy) is 1. The van der Waals surface area contributed by atoms with Crippen LogP contribution in [0.25, 0.3) is 5.65 Å². The van der Waals surface area contributed by atoms with Crippen LogP contribution in [0.2, 0.25) is 0 Å². The molecule has 118 valence electrons. The van der Waals surface area contributed by atoms with Gasteiger partial charge in [0, 0.05) is 23.5 Å². The van der Waals surface area contributed by atoms with E-state index in [1.165, 1.54) is 19.2 Å². The van der Waals surface area contributed by atoms with Crippen molar-refractivity contribution >= 4 is 17.2 Å². The first-order valence-electron chi connectivity index (χ1n) is 6.97. The number of hydrogen-bond donors (Lipinski definition) is 1. The number of benzene rings is 1. The van der Waals surface area contributed by atoms with Crippen LogP contribution in [0.3, 0.4) is 0 Å². The van der Waals surface area contributed by atoms with Gasteiger partial charge in [-0.15, -0.1) is 0 Å². The second kappa shape index (κ2) is 5.68. The van der Waals surface area contributed by atoms with Gasteiger partial charge in [0.15, 0.2) is 17.2 Å². The third-order valence-corrected chi connectivity index (χ3v) is 3.37. The fourth-order valence-electron chi connectivity index (χ4n) is 2.30. The molecule has 0 spiro atoms. The maximum absolute atomic E-state index is 13.7. The second-order valence-corrected chi connectivity index (χ2v) is 5.14. The first-order valence-corrected chi connectivity index (χ1v) is 6.97. The van der Waals surface area contributed by atoms with Crippen molar-refractivity contribution in [1.82, 2.24) is 14.6 Å². The Hall–Kier alpha value is -2.96. The fourth-order valence-corrected chi connectivity index (χ4v) is 2.30. The van der Waals surface area contributed by atoms with Gasteiger partial charge in [0.05, 0.1) is 12.8 Å². The average molecular weight is 314 g/mol. The van der Waals surface area contributed by atoms with Crippen LogP contribution in [0.1, 0.15) is 21.9 Å². The number of methoxy groups -OCH3 is 1. The van der Waals surface area contributed by atoms with Crippen molar-refractivity contribution in [1.29, 1.82) is 0 Å². The molecule has 3 rings (SSSR count). The van der Waals surface area contributed by atoms with Crippen LogP contribution in [0.5, 0.6) is 5.75 Å². The quantitative estimate of drug-likeness (QED) is 0.807. The van der Waals surface area contributed by atoms with Gasteiger partial charge in [0.25, 0.3) is 5.91 Å². The maximum Gasteiger partial charge on any atom is 0.274 e. The Morgan fingerprint density at radius 1 is 1.26 bits per heavy atom. The molecule has 0 saturated carbocycles. The number of amides is 1. The van der Waals surface area contributed by atoms with E-state index < -0.39 is 11.7 Å². The van der Waals surface area contributed by atoms with E-state index in [0.717, 1.165) is 11.4 Å². The summed E-state index contributed by atoms with van der Waals surface area (Å²) >= 11 is 0. The van der Waals surface area contributed by atoms with Gasteiger partial charge in [-0.2, -0.15) is 5.10 Å². The number of rotatable bonds is 3. The van der Waals surface area contributed by atoms with Gasteiger partial charge < -0.3 is 10.1 Å². The highest BCUT2D eigenvalue weighted by Gasteiger charge is 2.13. The number of aromatic nitrogens is 3. The van der Waals surface area contributed by atoms with E-state index in [1.807, 2.05) is 13.8 Å². The minimum atomic E-state index is -0.545. The molecule has 0 fully saturated rings. The minimum Gasteiger partial charge on any atom is -0.494 e. The Kier molecular flexibility index (Phi) is 3.69. The van der Waals surface area contributed by atoms with E-state index in [-0.39, 0.29) is 11.4 Å². The highest BCUT2D eigenvalue weighted by molar-refractivity contribution is 6.03. The zero-order valence-corrected chi connectivity index (χ0v) is 12.9. The summed E-state index contributed by atoms with van der Waals surface area (Å²) in [6, 6.07) is 7.64. The van der Waals surface area contributed by atoms with Crippen molar-refractivity contribution in [2.24, 2.45) is 0 Å². The number of carbonyl (C=O) groups excluding carboxylic acids is 1. The number of fused-ring (bicyclic) bond motifs is 1. The highest BCUT2D eigenvalue weighted by Crippen LogP contribution is 2.21. The van der Waals surface area contributed by atoms with Crippen LogP contribution in [-0.2, 0) is 0 Å². The second-order valence-electron chi connectivity index (χ2n) is 5.14. The van der Waals surface area contributed by atoms with Crippen molar-refractivity contribution in [2.75, 3.05) is 12.4 Å². The molecule has 0 atom stereocenters. The Labute approximate surface area is 131 Å². The smallest absolute Gasteiger partial charge is 0.274 e. The van der Waals surface area contributed by atoms with Crippen LogP contribution in [0.4, 0.5) is 10.1 Å². The number of anilines is 1. The third-order valence-electron chi connectivity index (χ3n) is 3.37. The summed E-state index contributed by atoms with van der Waals surface area (Å²) in [5.41, 5.74) is 2.77. The van der Waals surface area contributed by atoms with Crippen LogP contribution >= 0.6 is 0 Å². The highest BCUT2D eigenvalue weighted by atomic mass is 19.1. The number of nitrogens with zero attached hydrogens (tertiary/aromatic N) is 3. The monoisotopic (exact) mass is 314 g/mol. The predicted octanol–water partition coefficient (Wildman–Crippen LogP) is 2.75. The molecule has 0 aliphatic heterocycles. The summed E-state index contributed by atoms with van der Waals surface area (Å²) in [5.74, 6) is -0.844.